The highest BCUT2D eigenvalue weighted by Crippen LogP contribution is 2.31. The maximum Gasteiger partial charge on any atom is 0.253 e. The van der Waals surface area contributed by atoms with Crippen LogP contribution in [0.2, 0.25) is 0 Å². The second-order valence-electron chi connectivity index (χ2n) is 7.35. The summed E-state index contributed by atoms with van der Waals surface area (Å²) >= 11 is 0. The Morgan fingerprint density at radius 1 is 1.03 bits per heavy atom. The Labute approximate surface area is 170 Å². The summed E-state index contributed by atoms with van der Waals surface area (Å²) in [6.07, 6.45) is 5.88. The van der Waals surface area contributed by atoms with Crippen LogP contribution in [0, 0.1) is 0 Å². The summed E-state index contributed by atoms with van der Waals surface area (Å²) < 4.78 is 11.1. The van der Waals surface area contributed by atoms with E-state index in [0.717, 1.165) is 29.9 Å². The summed E-state index contributed by atoms with van der Waals surface area (Å²) in [7, 11) is 0. The Balaban J connectivity index is 1.21. The number of hydrogen-bond acceptors (Lipinski definition) is 5. The van der Waals surface area contributed by atoms with Gasteiger partial charge in [0.1, 0.15) is 13.2 Å². The van der Waals surface area contributed by atoms with Gasteiger partial charge in [-0.2, -0.15) is 0 Å². The topological polar surface area (TPSA) is 80.8 Å². The van der Waals surface area contributed by atoms with Gasteiger partial charge in [-0.25, -0.2) is 0 Å². The molecule has 2 amide bonds. The first-order valence-corrected chi connectivity index (χ1v) is 10.1. The van der Waals surface area contributed by atoms with Crippen molar-refractivity contribution < 1.29 is 19.1 Å². The number of pyridine rings is 1. The highest BCUT2D eigenvalue weighted by atomic mass is 16.6. The van der Waals surface area contributed by atoms with E-state index in [2.05, 4.69) is 10.3 Å². The third-order valence-electron chi connectivity index (χ3n) is 5.32. The molecule has 0 saturated carbocycles. The Bertz CT molecular complexity index is 864. The lowest BCUT2D eigenvalue weighted by Gasteiger charge is -2.32. The van der Waals surface area contributed by atoms with Crippen LogP contribution in [-0.4, -0.2) is 54.0 Å². The van der Waals surface area contributed by atoms with Crippen molar-refractivity contribution >= 4 is 11.8 Å². The molecule has 1 aromatic carbocycles. The number of likely N-dealkylation sites (tertiary alicyclic amines) is 1. The number of nitrogens with zero attached hydrogens (tertiary/aromatic N) is 2. The number of piperidine rings is 1. The summed E-state index contributed by atoms with van der Waals surface area (Å²) in [6, 6.07) is 9.40. The molecule has 1 N–H and O–H groups in total. The second-order valence-corrected chi connectivity index (χ2v) is 7.35. The quantitative estimate of drug-likeness (QED) is 0.840. The number of aromatic nitrogens is 1. The summed E-state index contributed by atoms with van der Waals surface area (Å²) in [4.78, 5) is 30.6. The predicted molar refractivity (Wildman–Crippen MR) is 107 cm³/mol. The molecule has 0 unspecified atom stereocenters. The van der Waals surface area contributed by atoms with Crippen LogP contribution in [0.5, 0.6) is 11.5 Å². The number of nitrogens with one attached hydrogen (secondary N) is 1. The van der Waals surface area contributed by atoms with Crippen molar-refractivity contribution in [1.82, 2.24) is 15.2 Å². The van der Waals surface area contributed by atoms with Crippen molar-refractivity contribution in [3.8, 4) is 11.5 Å². The molecule has 0 spiro atoms. The number of aryl methyl sites for hydroxylation is 1. The molecule has 1 aromatic heterocycles. The minimum atomic E-state index is 0.0239. The maximum atomic E-state index is 12.5. The van der Waals surface area contributed by atoms with E-state index in [0.29, 0.717) is 44.7 Å². The van der Waals surface area contributed by atoms with Gasteiger partial charge in [0.25, 0.3) is 5.91 Å². The molecule has 2 aliphatic heterocycles. The summed E-state index contributed by atoms with van der Waals surface area (Å²) in [5.74, 6) is 1.58. The number of carbonyl (C=O) groups is 2. The molecular formula is C22H25N3O4. The molecule has 0 bridgehead atoms. The fourth-order valence-corrected chi connectivity index (χ4v) is 3.70. The van der Waals surface area contributed by atoms with E-state index < -0.39 is 0 Å². The molecule has 4 rings (SSSR count). The number of fused-ring (bicyclic) bond motifs is 1. The van der Waals surface area contributed by atoms with E-state index in [-0.39, 0.29) is 17.9 Å². The second kappa shape index (κ2) is 8.94. The lowest BCUT2D eigenvalue weighted by atomic mass is 10.0. The normalized spacial score (nSPS) is 16.3. The van der Waals surface area contributed by atoms with Gasteiger partial charge in [0.2, 0.25) is 5.91 Å². The molecule has 2 aliphatic rings. The molecule has 152 valence electrons. The zero-order chi connectivity index (χ0) is 20.1. The van der Waals surface area contributed by atoms with Gasteiger partial charge in [-0.05, 0) is 49.1 Å². The van der Waals surface area contributed by atoms with Crippen LogP contribution in [0.25, 0.3) is 0 Å². The van der Waals surface area contributed by atoms with E-state index in [1.807, 2.05) is 23.1 Å². The highest BCUT2D eigenvalue weighted by molar-refractivity contribution is 5.94. The summed E-state index contributed by atoms with van der Waals surface area (Å²) in [5.41, 5.74) is 1.71. The molecule has 7 nitrogen and oxygen atoms in total. The first-order chi connectivity index (χ1) is 14.2. The van der Waals surface area contributed by atoms with E-state index in [1.165, 1.54) is 0 Å². The standard InChI is InChI=1S/C22H25N3O4/c26-21(4-2-16-1-3-19-20(15-16)29-14-13-28-19)24-18-7-11-25(12-8-18)22(27)17-5-9-23-10-6-17/h1,3,5-6,9-10,15,18H,2,4,7-8,11-14H2,(H,24,26). The van der Waals surface area contributed by atoms with Crippen LogP contribution >= 0.6 is 0 Å². The van der Waals surface area contributed by atoms with Crippen molar-refractivity contribution in [3.63, 3.8) is 0 Å². The van der Waals surface area contributed by atoms with Gasteiger partial charge < -0.3 is 19.7 Å². The van der Waals surface area contributed by atoms with Crippen molar-refractivity contribution in [2.45, 2.75) is 31.7 Å². The third kappa shape index (κ3) is 4.85. The van der Waals surface area contributed by atoms with Gasteiger partial charge in [0, 0.05) is 43.5 Å². The molecule has 7 heteroatoms. The molecule has 0 atom stereocenters. The molecule has 0 aliphatic carbocycles. The van der Waals surface area contributed by atoms with E-state index in [1.54, 1.807) is 24.5 Å². The zero-order valence-corrected chi connectivity index (χ0v) is 16.3. The smallest absolute Gasteiger partial charge is 0.253 e. The van der Waals surface area contributed by atoms with Crippen LogP contribution < -0.4 is 14.8 Å². The number of hydrogen-bond donors (Lipinski definition) is 1. The average Bonchev–Trinajstić information content (AvgIpc) is 2.78. The third-order valence-corrected chi connectivity index (χ3v) is 5.32. The molecule has 29 heavy (non-hydrogen) atoms. The van der Waals surface area contributed by atoms with Crippen molar-refractivity contribution in [3.05, 3.63) is 53.9 Å². The Kier molecular flexibility index (Phi) is 5.93. The lowest BCUT2D eigenvalue weighted by Crippen LogP contribution is -2.46. The van der Waals surface area contributed by atoms with Crippen molar-refractivity contribution in [2.24, 2.45) is 0 Å². The van der Waals surface area contributed by atoms with E-state index in [4.69, 9.17) is 9.47 Å². The monoisotopic (exact) mass is 395 g/mol. The van der Waals surface area contributed by atoms with E-state index >= 15 is 0 Å². The van der Waals surface area contributed by atoms with Gasteiger partial charge >= 0.3 is 0 Å². The van der Waals surface area contributed by atoms with Gasteiger partial charge in [0.15, 0.2) is 11.5 Å². The fraction of sp³-hybridized carbons (Fsp3) is 0.409. The molecule has 1 saturated heterocycles. The minimum absolute atomic E-state index is 0.0239. The average molecular weight is 395 g/mol. The van der Waals surface area contributed by atoms with Gasteiger partial charge in [-0.1, -0.05) is 6.07 Å². The Morgan fingerprint density at radius 2 is 1.76 bits per heavy atom. The number of ether oxygens (including phenoxy) is 2. The summed E-state index contributed by atoms with van der Waals surface area (Å²) in [6.45, 7) is 2.42. The first kappa shape index (κ1) is 19.2. The number of amides is 2. The van der Waals surface area contributed by atoms with Gasteiger partial charge in [0.05, 0.1) is 0 Å². The van der Waals surface area contributed by atoms with Crippen molar-refractivity contribution in [2.75, 3.05) is 26.3 Å². The van der Waals surface area contributed by atoms with E-state index in [9.17, 15) is 9.59 Å². The lowest BCUT2D eigenvalue weighted by molar-refractivity contribution is -0.122. The largest absolute Gasteiger partial charge is 0.486 e. The first-order valence-electron chi connectivity index (χ1n) is 10.1. The Hall–Kier alpha value is -3.09. The van der Waals surface area contributed by atoms with Crippen LogP contribution in [0.15, 0.2) is 42.7 Å². The zero-order valence-electron chi connectivity index (χ0n) is 16.3. The van der Waals surface area contributed by atoms with Crippen LogP contribution in [-0.2, 0) is 11.2 Å². The number of carbonyl (C=O) groups excluding carboxylic acids is 2. The van der Waals surface area contributed by atoms with Crippen LogP contribution in [0.4, 0.5) is 0 Å². The SMILES string of the molecule is O=C(CCc1ccc2c(c1)OCCO2)NC1CCN(C(=O)c2ccncc2)CC1. The predicted octanol–water partition coefficient (Wildman–Crippen LogP) is 2.21. The van der Waals surface area contributed by atoms with Gasteiger partial charge in [-0.3, -0.25) is 14.6 Å². The molecule has 0 radical (unpaired) electrons. The molecular weight excluding hydrogens is 370 g/mol. The number of rotatable bonds is 5. The van der Waals surface area contributed by atoms with Crippen LogP contribution in [0.1, 0.15) is 35.2 Å². The summed E-state index contributed by atoms with van der Waals surface area (Å²) in [5, 5.41) is 3.11. The highest BCUT2D eigenvalue weighted by Gasteiger charge is 2.24. The molecule has 3 heterocycles. The minimum Gasteiger partial charge on any atom is -0.486 e. The molecule has 2 aromatic rings. The molecule has 1 fully saturated rings. The maximum absolute atomic E-state index is 12.5. The van der Waals surface area contributed by atoms with Crippen molar-refractivity contribution in [1.29, 1.82) is 0 Å². The Morgan fingerprint density at radius 3 is 2.52 bits per heavy atom. The van der Waals surface area contributed by atoms with Crippen LogP contribution in [0.3, 0.4) is 0 Å². The number of benzene rings is 1. The fourth-order valence-electron chi connectivity index (χ4n) is 3.70. The van der Waals surface area contributed by atoms with Gasteiger partial charge in [-0.15, -0.1) is 0 Å².